The van der Waals surface area contributed by atoms with E-state index in [9.17, 15) is 5.11 Å². The minimum atomic E-state index is 0.167. The van der Waals surface area contributed by atoms with Gasteiger partial charge in [0.2, 0.25) is 0 Å². The fraction of sp³-hybridized carbons (Fsp3) is 0.600. The highest BCUT2D eigenvalue weighted by atomic mass is 35.5. The summed E-state index contributed by atoms with van der Waals surface area (Å²) in [5.74, 6) is 0.167. The summed E-state index contributed by atoms with van der Waals surface area (Å²) in [6, 6.07) is 4.07. The molecule has 2 heterocycles. The van der Waals surface area contributed by atoms with E-state index >= 15 is 0 Å². The summed E-state index contributed by atoms with van der Waals surface area (Å²) in [5, 5.41) is 10.9. The molecule has 3 nitrogen and oxygen atoms in total. The van der Waals surface area contributed by atoms with Gasteiger partial charge in [-0.15, -0.1) is 0 Å². The average molecular weight is 315 g/mol. The first-order chi connectivity index (χ1) is 9.63. The zero-order valence-corrected chi connectivity index (χ0v) is 13.0. The highest BCUT2D eigenvalue weighted by Gasteiger charge is 2.29. The second kappa shape index (κ2) is 6.10. The number of nitrogens with zero attached hydrogens (tertiary/aromatic N) is 2. The molecule has 2 aliphatic heterocycles. The SMILES string of the molecule is Oc1c(Cl)cc(Cl)cc1CN1CCC(N2CCCC2)C1. The maximum absolute atomic E-state index is 10.0. The number of hydrogen-bond donors (Lipinski definition) is 1. The molecule has 0 spiro atoms. The Morgan fingerprint density at radius 3 is 2.65 bits per heavy atom. The van der Waals surface area contributed by atoms with Gasteiger partial charge >= 0.3 is 0 Å². The van der Waals surface area contributed by atoms with Gasteiger partial charge in [0, 0.05) is 36.3 Å². The first-order valence-corrected chi connectivity index (χ1v) is 8.02. The first-order valence-electron chi connectivity index (χ1n) is 7.27. The van der Waals surface area contributed by atoms with Crippen molar-refractivity contribution in [2.24, 2.45) is 0 Å². The number of halogens is 2. The number of likely N-dealkylation sites (tertiary alicyclic amines) is 2. The van der Waals surface area contributed by atoms with Gasteiger partial charge in [0.15, 0.2) is 0 Å². The number of hydrogen-bond acceptors (Lipinski definition) is 3. The van der Waals surface area contributed by atoms with Crippen LogP contribution in [0.25, 0.3) is 0 Å². The Balaban J connectivity index is 1.64. The van der Waals surface area contributed by atoms with Crippen molar-refractivity contribution in [2.45, 2.75) is 31.8 Å². The Hall–Kier alpha value is -0.480. The molecule has 0 saturated carbocycles. The van der Waals surface area contributed by atoms with Gasteiger partial charge in [0.1, 0.15) is 5.75 Å². The zero-order valence-electron chi connectivity index (χ0n) is 11.5. The van der Waals surface area contributed by atoms with Crippen LogP contribution in [0.4, 0.5) is 0 Å². The van der Waals surface area contributed by atoms with E-state index < -0.39 is 0 Å². The molecule has 1 unspecified atom stereocenters. The normalized spacial score (nSPS) is 24.6. The number of phenolic OH excluding ortho intramolecular Hbond substituents is 1. The van der Waals surface area contributed by atoms with Crippen LogP contribution in [-0.4, -0.2) is 47.1 Å². The molecule has 2 saturated heterocycles. The molecule has 1 aromatic carbocycles. The topological polar surface area (TPSA) is 26.7 Å². The van der Waals surface area contributed by atoms with Crippen LogP contribution in [0.15, 0.2) is 12.1 Å². The van der Waals surface area contributed by atoms with Crippen molar-refractivity contribution in [2.75, 3.05) is 26.2 Å². The van der Waals surface area contributed by atoms with Gasteiger partial charge in [-0.1, -0.05) is 23.2 Å². The molecule has 0 aromatic heterocycles. The standard InChI is InChI=1S/C15H20Cl2N2O/c16-12-7-11(15(20)14(17)8-12)9-18-6-3-13(10-18)19-4-1-2-5-19/h7-8,13,20H,1-6,9-10H2. The third kappa shape index (κ3) is 3.06. The van der Waals surface area contributed by atoms with E-state index in [1.807, 2.05) is 6.07 Å². The molecule has 3 rings (SSSR count). The van der Waals surface area contributed by atoms with Crippen LogP contribution in [0, 0.1) is 0 Å². The molecule has 1 aromatic rings. The number of rotatable bonds is 3. The largest absolute Gasteiger partial charge is 0.506 e. The molecule has 2 fully saturated rings. The monoisotopic (exact) mass is 314 g/mol. The van der Waals surface area contributed by atoms with Crippen molar-refractivity contribution in [1.82, 2.24) is 9.80 Å². The smallest absolute Gasteiger partial charge is 0.138 e. The number of phenols is 1. The Morgan fingerprint density at radius 2 is 1.90 bits per heavy atom. The second-order valence-corrected chi connectivity index (χ2v) is 6.66. The van der Waals surface area contributed by atoms with Crippen LogP contribution in [0.3, 0.4) is 0 Å². The third-order valence-corrected chi connectivity index (χ3v) is 4.91. The summed E-state index contributed by atoms with van der Waals surface area (Å²) in [7, 11) is 0. The minimum absolute atomic E-state index is 0.167. The lowest BCUT2D eigenvalue weighted by atomic mass is 10.2. The number of aromatic hydroxyl groups is 1. The summed E-state index contributed by atoms with van der Waals surface area (Å²) < 4.78 is 0. The summed E-state index contributed by atoms with van der Waals surface area (Å²) in [6.07, 6.45) is 3.89. The molecular formula is C15H20Cl2N2O. The van der Waals surface area contributed by atoms with Gasteiger partial charge in [-0.25, -0.2) is 0 Å². The highest BCUT2D eigenvalue weighted by molar-refractivity contribution is 6.35. The molecule has 20 heavy (non-hydrogen) atoms. The molecule has 5 heteroatoms. The van der Waals surface area contributed by atoms with Gasteiger partial charge in [0.05, 0.1) is 5.02 Å². The van der Waals surface area contributed by atoms with Gasteiger partial charge in [0.25, 0.3) is 0 Å². The van der Waals surface area contributed by atoms with Crippen LogP contribution >= 0.6 is 23.2 Å². The van der Waals surface area contributed by atoms with E-state index in [4.69, 9.17) is 23.2 Å². The summed E-state index contributed by atoms with van der Waals surface area (Å²) in [6.45, 7) is 5.35. The van der Waals surface area contributed by atoms with E-state index in [-0.39, 0.29) is 5.75 Å². The molecule has 110 valence electrons. The lowest BCUT2D eigenvalue weighted by Crippen LogP contribution is -2.35. The predicted octanol–water partition coefficient (Wildman–Crippen LogP) is 3.37. The Bertz CT molecular complexity index is 489. The van der Waals surface area contributed by atoms with Crippen LogP contribution in [0.1, 0.15) is 24.8 Å². The second-order valence-electron chi connectivity index (χ2n) is 5.82. The van der Waals surface area contributed by atoms with Crippen molar-refractivity contribution >= 4 is 23.2 Å². The molecule has 0 aliphatic carbocycles. The van der Waals surface area contributed by atoms with Crippen molar-refractivity contribution in [3.63, 3.8) is 0 Å². The van der Waals surface area contributed by atoms with Crippen LogP contribution in [0.2, 0.25) is 10.0 Å². The van der Waals surface area contributed by atoms with Gasteiger partial charge in [-0.3, -0.25) is 9.80 Å². The van der Waals surface area contributed by atoms with Crippen molar-refractivity contribution in [1.29, 1.82) is 0 Å². The Labute approximate surface area is 130 Å². The summed E-state index contributed by atoms with van der Waals surface area (Å²) >= 11 is 12.0. The van der Waals surface area contributed by atoms with E-state index in [1.54, 1.807) is 6.07 Å². The van der Waals surface area contributed by atoms with Crippen molar-refractivity contribution in [3.05, 3.63) is 27.7 Å². The molecular weight excluding hydrogens is 295 g/mol. The molecule has 0 bridgehead atoms. The predicted molar refractivity (Wildman–Crippen MR) is 82.6 cm³/mol. The number of benzene rings is 1. The Kier molecular flexibility index (Phi) is 4.41. The highest BCUT2D eigenvalue weighted by Crippen LogP contribution is 2.33. The van der Waals surface area contributed by atoms with E-state index in [0.29, 0.717) is 16.1 Å². The third-order valence-electron chi connectivity index (χ3n) is 4.41. The first kappa shape index (κ1) is 14.5. The minimum Gasteiger partial charge on any atom is -0.506 e. The fourth-order valence-corrected chi connectivity index (χ4v) is 3.88. The molecule has 0 amide bonds. The van der Waals surface area contributed by atoms with E-state index in [2.05, 4.69) is 9.80 Å². The van der Waals surface area contributed by atoms with Crippen molar-refractivity contribution < 1.29 is 5.11 Å². The average Bonchev–Trinajstić information content (AvgIpc) is 3.05. The maximum Gasteiger partial charge on any atom is 0.138 e. The zero-order chi connectivity index (χ0) is 14.1. The van der Waals surface area contributed by atoms with Crippen LogP contribution in [-0.2, 0) is 6.54 Å². The lowest BCUT2D eigenvalue weighted by molar-refractivity contribution is 0.229. The summed E-state index contributed by atoms with van der Waals surface area (Å²) in [4.78, 5) is 4.98. The molecule has 1 atom stereocenters. The van der Waals surface area contributed by atoms with Crippen molar-refractivity contribution in [3.8, 4) is 5.75 Å². The lowest BCUT2D eigenvalue weighted by Gasteiger charge is -2.24. The summed E-state index contributed by atoms with van der Waals surface area (Å²) in [5.41, 5.74) is 0.824. The van der Waals surface area contributed by atoms with Crippen LogP contribution < -0.4 is 0 Å². The molecule has 0 radical (unpaired) electrons. The van der Waals surface area contributed by atoms with Gasteiger partial charge in [-0.2, -0.15) is 0 Å². The Morgan fingerprint density at radius 1 is 1.15 bits per heavy atom. The van der Waals surface area contributed by atoms with Crippen LogP contribution in [0.5, 0.6) is 5.75 Å². The van der Waals surface area contributed by atoms with E-state index in [0.717, 1.165) is 25.2 Å². The molecule has 1 N–H and O–H groups in total. The fourth-order valence-electron chi connectivity index (χ4n) is 3.34. The molecule has 2 aliphatic rings. The maximum atomic E-state index is 10.0. The quantitative estimate of drug-likeness (QED) is 0.926. The van der Waals surface area contributed by atoms with Gasteiger partial charge < -0.3 is 5.11 Å². The van der Waals surface area contributed by atoms with Gasteiger partial charge in [-0.05, 0) is 44.5 Å². The van der Waals surface area contributed by atoms with E-state index in [1.165, 1.54) is 32.4 Å².